The van der Waals surface area contributed by atoms with E-state index in [-0.39, 0.29) is 11.7 Å². The third-order valence-corrected chi connectivity index (χ3v) is 2.79. The van der Waals surface area contributed by atoms with Crippen molar-refractivity contribution in [2.45, 2.75) is 6.92 Å². The minimum absolute atomic E-state index is 0.226. The van der Waals surface area contributed by atoms with Gasteiger partial charge in [-0.05, 0) is 6.92 Å². The Kier molecular flexibility index (Phi) is 3.93. The van der Waals surface area contributed by atoms with Crippen molar-refractivity contribution in [1.29, 1.82) is 0 Å². The molecule has 0 saturated carbocycles. The lowest BCUT2D eigenvalue weighted by Crippen LogP contribution is -2.44. The number of piperazine rings is 1. The normalized spacial score (nSPS) is 15.5. The lowest BCUT2D eigenvalue weighted by Gasteiger charge is -2.27. The summed E-state index contributed by atoms with van der Waals surface area (Å²) in [5, 5.41) is 5.93. The summed E-state index contributed by atoms with van der Waals surface area (Å²) < 4.78 is 0. The van der Waals surface area contributed by atoms with Crippen molar-refractivity contribution >= 4 is 17.7 Å². The molecule has 2 rings (SSSR count). The molecule has 1 aromatic heterocycles. The van der Waals surface area contributed by atoms with Crippen molar-refractivity contribution < 1.29 is 4.79 Å². The van der Waals surface area contributed by atoms with E-state index in [1.807, 2.05) is 11.8 Å². The molecule has 2 heterocycles. The first-order valence-electron chi connectivity index (χ1n) is 6.08. The van der Waals surface area contributed by atoms with Crippen molar-refractivity contribution in [3.8, 4) is 0 Å². The van der Waals surface area contributed by atoms with E-state index in [1.165, 1.54) is 6.20 Å². The lowest BCUT2D eigenvalue weighted by molar-refractivity contribution is 0.0956. The Morgan fingerprint density at radius 2 is 2.28 bits per heavy atom. The number of nitrogens with one attached hydrogen (secondary N) is 2. The first-order chi connectivity index (χ1) is 8.72. The molecule has 0 aromatic carbocycles. The van der Waals surface area contributed by atoms with Crippen LogP contribution >= 0.6 is 0 Å². The predicted octanol–water partition coefficient (Wildman–Crippen LogP) is -0.782. The summed E-state index contributed by atoms with van der Waals surface area (Å²) in [5.41, 5.74) is 6.13. The van der Waals surface area contributed by atoms with E-state index in [1.54, 1.807) is 0 Å². The van der Waals surface area contributed by atoms with Crippen LogP contribution in [0.3, 0.4) is 0 Å². The van der Waals surface area contributed by atoms with Gasteiger partial charge in [-0.3, -0.25) is 4.79 Å². The number of aromatic nitrogens is 2. The molecule has 1 aromatic rings. The van der Waals surface area contributed by atoms with Gasteiger partial charge in [0.15, 0.2) is 0 Å². The average Bonchev–Trinajstić information content (AvgIpc) is 2.40. The van der Waals surface area contributed by atoms with E-state index in [0.29, 0.717) is 18.1 Å². The zero-order valence-electron chi connectivity index (χ0n) is 10.4. The van der Waals surface area contributed by atoms with Gasteiger partial charge in [-0.2, -0.15) is 4.98 Å². The number of hydrogen-bond donors (Lipinski definition) is 3. The second-order valence-corrected chi connectivity index (χ2v) is 4.07. The van der Waals surface area contributed by atoms with Crippen LogP contribution in [-0.2, 0) is 0 Å². The fourth-order valence-corrected chi connectivity index (χ4v) is 1.83. The van der Waals surface area contributed by atoms with Gasteiger partial charge < -0.3 is 21.3 Å². The fraction of sp³-hybridized carbons (Fsp3) is 0.545. The summed E-state index contributed by atoms with van der Waals surface area (Å²) in [6.07, 6.45) is 1.49. The monoisotopic (exact) mass is 250 g/mol. The van der Waals surface area contributed by atoms with E-state index in [9.17, 15) is 4.79 Å². The van der Waals surface area contributed by atoms with Crippen LogP contribution in [0.1, 0.15) is 17.3 Å². The second kappa shape index (κ2) is 5.63. The largest absolute Gasteiger partial charge is 0.383 e. The summed E-state index contributed by atoms with van der Waals surface area (Å²) in [6, 6.07) is 0. The summed E-state index contributed by atoms with van der Waals surface area (Å²) in [5.74, 6) is 0.577. The molecule has 0 atom stereocenters. The topological polar surface area (TPSA) is 96.2 Å². The van der Waals surface area contributed by atoms with Crippen LogP contribution in [-0.4, -0.2) is 48.6 Å². The molecule has 1 aliphatic rings. The summed E-state index contributed by atoms with van der Waals surface area (Å²) >= 11 is 0. The molecule has 7 nitrogen and oxygen atoms in total. The molecule has 1 amide bonds. The standard InChI is InChI=1S/C11H18N6O/c1-2-14-10(18)8-7-15-11(16-9(8)12)17-5-3-13-4-6-17/h7,13H,2-6H2,1H3,(H,14,18)(H2,12,15,16). The fourth-order valence-electron chi connectivity index (χ4n) is 1.83. The molecule has 0 aliphatic carbocycles. The van der Waals surface area contributed by atoms with Crippen LogP contribution < -0.4 is 21.3 Å². The smallest absolute Gasteiger partial charge is 0.256 e. The number of anilines is 2. The van der Waals surface area contributed by atoms with Crippen LogP contribution in [0.4, 0.5) is 11.8 Å². The number of amides is 1. The summed E-state index contributed by atoms with van der Waals surface area (Å²) in [6.45, 7) is 5.91. The van der Waals surface area contributed by atoms with Crippen molar-refractivity contribution in [2.24, 2.45) is 0 Å². The molecule has 0 unspecified atom stereocenters. The molecule has 18 heavy (non-hydrogen) atoms. The van der Waals surface area contributed by atoms with Gasteiger partial charge in [0.2, 0.25) is 5.95 Å². The maximum absolute atomic E-state index is 11.7. The molecule has 98 valence electrons. The van der Waals surface area contributed by atoms with Crippen LogP contribution in [0.15, 0.2) is 6.20 Å². The molecular weight excluding hydrogens is 232 g/mol. The van der Waals surface area contributed by atoms with Crippen molar-refractivity contribution in [3.05, 3.63) is 11.8 Å². The molecule has 1 aliphatic heterocycles. The number of hydrogen-bond acceptors (Lipinski definition) is 6. The van der Waals surface area contributed by atoms with Gasteiger partial charge in [0.05, 0.1) is 5.56 Å². The zero-order chi connectivity index (χ0) is 13.0. The molecular formula is C11H18N6O. The number of nitrogens with two attached hydrogens (primary N) is 1. The van der Waals surface area contributed by atoms with Gasteiger partial charge in [-0.25, -0.2) is 4.98 Å². The number of carbonyl (C=O) groups excluding carboxylic acids is 1. The molecule has 1 saturated heterocycles. The molecule has 0 bridgehead atoms. The van der Waals surface area contributed by atoms with E-state index in [2.05, 4.69) is 20.6 Å². The first kappa shape index (κ1) is 12.6. The third kappa shape index (κ3) is 2.67. The quantitative estimate of drug-likeness (QED) is 0.651. The van der Waals surface area contributed by atoms with E-state index in [0.717, 1.165) is 26.2 Å². The Labute approximate surface area is 106 Å². The highest BCUT2D eigenvalue weighted by atomic mass is 16.1. The SMILES string of the molecule is CCNC(=O)c1cnc(N2CCNCC2)nc1N. The van der Waals surface area contributed by atoms with Crippen LogP contribution in [0.25, 0.3) is 0 Å². The lowest BCUT2D eigenvalue weighted by atomic mass is 10.3. The minimum atomic E-state index is -0.234. The minimum Gasteiger partial charge on any atom is -0.383 e. The van der Waals surface area contributed by atoms with E-state index in [4.69, 9.17) is 5.73 Å². The molecule has 1 fully saturated rings. The Bertz CT molecular complexity index is 430. The molecule has 4 N–H and O–H groups in total. The summed E-state index contributed by atoms with van der Waals surface area (Å²) in [7, 11) is 0. The van der Waals surface area contributed by atoms with Gasteiger partial charge in [0.1, 0.15) is 5.82 Å². The Hall–Kier alpha value is -1.89. The Morgan fingerprint density at radius 3 is 2.89 bits per heavy atom. The van der Waals surface area contributed by atoms with Gasteiger partial charge in [0.25, 0.3) is 5.91 Å². The summed E-state index contributed by atoms with van der Waals surface area (Å²) in [4.78, 5) is 22.1. The van der Waals surface area contributed by atoms with Crippen molar-refractivity contribution in [2.75, 3.05) is 43.4 Å². The number of carbonyl (C=O) groups is 1. The van der Waals surface area contributed by atoms with E-state index < -0.39 is 0 Å². The van der Waals surface area contributed by atoms with Gasteiger partial charge in [-0.1, -0.05) is 0 Å². The molecule has 0 spiro atoms. The Balaban J connectivity index is 2.16. The van der Waals surface area contributed by atoms with Crippen LogP contribution in [0.5, 0.6) is 0 Å². The van der Waals surface area contributed by atoms with Gasteiger partial charge in [-0.15, -0.1) is 0 Å². The van der Waals surface area contributed by atoms with Crippen molar-refractivity contribution in [3.63, 3.8) is 0 Å². The Morgan fingerprint density at radius 1 is 1.56 bits per heavy atom. The maximum atomic E-state index is 11.7. The van der Waals surface area contributed by atoms with Crippen LogP contribution in [0.2, 0.25) is 0 Å². The van der Waals surface area contributed by atoms with Crippen LogP contribution in [0, 0.1) is 0 Å². The second-order valence-electron chi connectivity index (χ2n) is 4.07. The van der Waals surface area contributed by atoms with Gasteiger partial charge >= 0.3 is 0 Å². The zero-order valence-corrected chi connectivity index (χ0v) is 10.4. The molecule has 7 heteroatoms. The maximum Gasteiger partial charge on any atom is 0.256 e. The van der Waals surface area contributed by atoms with E-state index >= 15 is 0 Å². The highest BCUT2D eigenvalue weighted by molar-refractivity contribution is 5.98. The third-order valence-electron chi connectivity index (χ3n) is 2.79. The predicted molar refractivity (Wildman–Crippen MR) is 69.5 cm³/mol. The average molecular weight is 250 g/mol. The van der Waals surface area contributed by atoms with Crippen molar-refractivity contribution in [1.82, 2.24) is 20.6 Å². The highest BCUT2D eigenvalue weighted by Crippen LogP contribution is 2.13. The number of rotatable bonds is 3. The highest BCUT2D eigenvalue weighted by Gasteiger charge is 2.16. The first-order valence-corrected chi connectivity index (χ1v) is 6.08. The molecule has 0 radical (unpaired) electrons. The number of nitrogen functional groups attached to an aromatic ring is 1. The number of nitrogens with zero attached hydrogens (tertiary/aromatic N) is 3. The van der Waals surface area contributed by atoms with Gasteiger partial charge in [0, 0.05) is 38.9 Å².